The summed E-state index contributed by atoms with van der Waals surface area (Å²) >= 11 is 0. The van der Waals surface area contributed by atoms with Crippen molar-refractivity contribution < 1.29 is 17.8 Å². The predicted octanol–water partition coefficient (Wildman–Crippen LogP) is 1.20. The quantitative estimate of drug-likeness (QED) is 0.468. The first kappa shape index (κ1) is 14.1. The minimum atomic E-state index is -0.0764. The Morgan fingerprint density at radius 3 is 1.50 bits per heavy atom. The molecule has 1 aromatic rings. The van der Waals surface area contributed by atoms with Crippen molar-refractivity contribution in [3.63, 3.8) is 0 Å². The molecule has 0 aliphatic heterocycles. The molecule has 1 rings (SSSR count). The van der Waals surface area contributed by atoms with Crippen LogP contribution in [0.2, 0.25) is 0 Å². The van der Waals surface area contributed by atoms with Crippen LogP contribution in [0.25, 0.3) is 0 Å². The smallest absolute Gasteiger partial charge is 1.00 e. The second-order valence-corrected chi connectivity index (χ2v) is 1.90. The summed E-state index contributed by atoms with van der Waals surface area (Å²) < 4.78 is 4.25. The fraction of sp³-hybridized carbons (Fsp3) is 0.250. The molecule has 0 aliphatic rings. The number of phenols is 2. The Balaban J connectivity index is -0.0000000758. The Kier molecular flexibility index (Phi) is 10.1. The molecule has 0 saturated carbocycles. The van der Waals surface area contributed by atoms with Gasteiger partial charge in [0.25, 0.3) is 0 Å². The Morgan fingerprint density at radius 2 is 1.33 bits per heavy atom. The van der Waals surface area contributed by atoms with E-state index in [1.165, 1.54) is 12.1 Å². The molecular weight excluding hydrogens is 168 g/mol. The van der Waals surface area contributed by atoms with Crippen molar-refractivity contribution in [2.24, 2.45) is 0 Å². The summed E-state index contributed by atoms with van der Waals surface area (Å²) in [5.41, 5.74) is 0. The minimum absolute atomic E-state index is 0. The molecule has 0 bridgehead atoms. The molecule has 0 heterocycles. The van der Waals surface area contributed by atoms with Gasteiger partial charge in [-0.25, -0.2) is 0 Å². The van der Waals surface area contributed by atoms with E-state index in [4.69, 9.17) is 10.2 Å². The summed E-state index contributed by atoms with van der Waals surface area (Å²) in [5, 5.41) is 17.3. The van der Waals surface area contributed by atoms with E-state index in [0.29, 0.717) is 0 Å². The SMILES string of the molecule is COC.Oc1ccccc1O.[H-].[H-].[Mg+2]. The van der Waals surface area contributed by atoms with Gasteiger partial charge >= 0.3 is 23.1 Å². The maximum absolute atomic E-state index is 8.67. The number of methoxy groups -OCH3 is 1. The molecule has 0 unspecified atom stereocenters. The van der Waals surface area contributed by atoms with Gasteiger partial charge in [0.2, 0.25) is 0 Å². The summed E-state index contributed by atoms with van der Waals surface area (Å²) in [5.74, 6) is -0.153. The van der Waals surface area contributed by atoms with Gasteiger partial charge in [0, 0.05) is 14.2 Å². The first-order valence-electron chi connectivity index (χ1n) is 3.09. The van der Waals surface area contributed by atoms with Crippen LogP contribution in [0.5, 0.6) is 11.5 Å². The standard InChI is InChI=1S/C6H6O2.C2H6O.Mg.2H/c7-5-3-1-2-4-6(5)8;1-3-2;;;/h1-4,7-8H;1-2H3;;;/q;;+2;2*-1. The summed E-state index contributed by atoms with van der Waals surface area (Å²) in [6.07, 6.45) is 0. The number of benzene rings is 1. The van der Waals surface area contributed by atoms with Crippen molar-refractivity contribution in [1.82, 2.24) is 0 Å². The van der Waals surface area contributed by atoms with Crippen molar-refractivity contribution in [2.75, 3.05) is 14.2 Å². The molecule has 0 amide bonds. The van der Waals surface area contributed by atoms with Crippen molar-refractivity contribution in [3.8, 4) is 11.5 Å². The largest absolute Gasteiger partial charge is 2.00 e. The number of hydrogen-bond acceptors (Lipinski definition) is 3. The van der Waals surface area contributed by atoms with Gasteiger partial charge in [-0.3, -0.25) is 0 Å². The molecule has 0 radical (unpaired) electrons. The molecule has 12 heavy (non-hydrogen) atoms. The van der Waals surface area contributed by atoms with Crippen LogP contribution < -0.4 is 0 Å². The van der Waals surface area contributed by atoms with Gasteiger partial charge < -0.3 is 17.8 Å². The first-order chi connectivity index (χ1) is 5.22. The van der Waals surface area contributed by atoms with Crippen molar-refractivity contribution in [1.29, 1.82) is 0 Å². The topological polar surface area (TPSA) is 49.7 Å². The van der Waals surface area contributed by atoms with Crippen LogP contribution in [0, 0.1) is 0 Å². The maximum Gasteiger partial charge on any atom is 2.00 e. The third-order valence-electron chi connectivity index (χ3n) is 0.882. The molecular formula is C8H14MgO3. The molecule has 2 N–H and O–H groups in total. The molecule has 0 spiro atoms. The van der Waals surface area contributed by atoms with E-state index in [1.807, 2.05) is 0 Å². The van der Waals surface area contributed by atoms with E-state index in [0.717, 1.165) is 0 Å². The number of phenolic OH excluding ortho intramolecular Hbond substituents is 2. The molecule has 0 aliphatic carbocycles. The average Bonchev–Trinajstić information content (AvgIpc) is 1.97. The molecule has 66 valence electrons. The van der Waals surface area contributed by atoms with Gasteiger partial charge in [-0.05, 0) is 12.1 Å². The van der Waals surface area contributed by atoms with Crippen LogP contribution in [0.4, 0.5) is 0 Å². The van der Waals surface area contributed by atoms with Crippen molar-refractivity contribution >= 4 is 23.1 Å². The monoisotopic (exact) mass is 182 g/mol. The predicted molar refractivity (Wildman–Crippen MR) is 50.7 cm³/mol. The van der Waals surface area contributed by atoms with Crippen molar-refractivity contribution in [3.05, 3.63) is 24.3 Å². The molecule has 0 fully saturated rings. The average molecular weight is 183 g/mol. The van der Waals surface area contributed by atoms with Crippen LogP contribution in [-0.4, -0.2) is 47.5 Å². The molecule has 4 heteroatoms. The normalized spacial score (nSPS) is 7.50. The van der Waals surface area contributed by atoms with Crippen LogP contribution in [0.15, 0.2) is 24.3 Å². The fourth-order valence-electron chi connectivity index (χ4n) is 0.464. The van der Waals surface area contributed by atoms with Gasteiger partial charge in [0.05, 0.1) is 0 Å². The van der Waals surface area contributed by atoms with Gasteiger partial charge in [-0.1, -0.05) is 12.1 Å². The van der Waals surface area contributed by atoms with Crippen LogP contribution in [0.1, 0.15) is 2.85 Å². The van der Waals surface area contributed by atoms with Crippen LogP contribution in [0.3, 0.4) is 0 Å². The molecule has 1 aromatic carbocycles. The molecule has 0 aromatic heterocycles. The third kappa shape index (κ3) is 6.27. The van der Waals surface area contributed by atoms with E-state index in [2.05, 4.69) is 4.74 Å². The number of hydrogen-bond donors (Lipinski definition) is 2. The van der Waals surface area contributed by atoms with Gasteiger partial charge in [0.15, 0.2) is 11.5 Å². The van der Waals surface area contributed by atoms with E-state index >= 15 is 0 Å². The van der Waals surface area contributed by atoms with E-state index in [1.54, 1.807) is 26.4 Å². The van der Waals surface area contributed by atoms with Gasteiger partial charge in [0.1, 0.15) is 0 Å². The van der Waals surface area contributed by atoms with Crippen LogP contribution >= 0.6 is 0 Å². The zero-order valence-corrected chi connectivity index (χ0v) is 8.73. The Bertz CT molecular complexity index is 191. The summed E-state index contributed by atoms with van der Waals surface area (Å²) in [7, 11) is 3.25. The number of rotatable bonds is 0. The second-order valence-electron chi connectivity index (χ2n) is 1.90. The third-order valence-corrected chi connectivity index (χ3v) is 0.882. The minimum Gasteiger partial charge on any atom is -1.00 e. The Hall–Kier alpha value is -0.454. The Labute approximate surface area is 91.1 Å². The van der Waals surface area contributed by atoms with Crippen LogP contribution in [-0.2, 0) is 4.74 Å². The fourth-order valence-corrected chi connectivity index (χ4v) is 0.464. The van der Waals surface area contributed by atoms with Crippen molar-refractivity contribution in [2.45, 2.75) is 0 Å². The molecule has 0 saturated heterocycles. The van der Waals surface area contributed by atoms with E-state index < -0.39 is 0 Å². The number of ether oxygens (including phenoxy) is 1. The zero-order chi connectivity index (χ0) is 8.69. The van der Waals surface area contributed by atoms with Gasteiger partial charge in [-0.15, -0.1) is 0 Å². The summed E-state index contributed by atoms with van der Waals surface area (Å²) in [6.45, 7) is 0. The molecule has 0 atom stereocenters. The second kappa shape index (κ2) is 8.64. The van der Waals surface area contributed by atoms with E-state index in [-0.39, 0.29) is 37.4 Å². The number of para-hydroxylation sites is 2. The van der Waals surface area contributed by atoms with E-state index in [9.17, 15) is 0 Å². The number of aromatic hydroxyl groups is 2. The molecule has 3 nitrogen and oxygen atoms in total. The zero-order valence-electron chi connectivity index (χ0n) is 9.32. The first-order valence-corrected chi connectivity index (χ1v) is 3.09. The summed E-state index contributed by atoms with van der Waals surface area (Å²) in [4.78, 5) is 0. The van der Waals surface area contributed by atoms with Gasteiger partial charge in [-0.2, -0.15) is 0 Å². The maximum atomic E-state index is 8.67. The summed E-state index contributed by atoms with van der Waals surface area (Å²) in [6, 6.07) is 6.15. The Morgan fingerprint density at radius 1 is 1.08 bits per heavy atom.